The first-order valence-electron chi connectivity index (χ1n) is 7.12. The van der Waals surface area contributed by atoms with Crippen LogP contribution >= 0.6 is 0 Å². The van der Waals surface area contributed by atoms with E-state index in [1.54, 1.807) is 37.3 Å². The molecule has 0 radical (unpaired) electrons. The molecule has 2 rings (SSSR count). The molecule has 1 fully saturated rings. The number of rotatable bonds is 5. The Hall–Kier alpha value is -1.71. The normalized spacial score (nSPS) is 29.9. The van der Waals surface area contributed by atoms with E-state index in [1.165, 1.54) is 0 Å². The van der Waals surface area contributed by atoms with Gasteiger partial charge >= 0.3 is 0 Å². The number of aliphatic hydroxyl groups excluding tert-OH is 4. The Morgan fingerprint density at radius 1 is 1.13 bits per heavy atom. The Labute approximate surface area is 133 Å². The molecule has 23 heavy (non-hydrogen) atoms. The number of hydrogen-bond acceptors (Lipinski definition) is 8. The second-order valence-corrected chi connectivity index (χ2v) is 4.68. The minimum atomic E-state index is -1.43. The zero-order valence-corrected chi connectivity index (χ0v) is 12.7. The monoisotopic (exact) mass is 330 g/mol. The van der Waals surface area contributed by atoms with Crippen LogP contribution in [0.1, 0.15) is 6.92 Å². The number of benzene rings is 1. The van der Waals surface area contributed by atoms with E-state index in [4.69, 9.17) is 14.6 Å². The van der Waals surface area contributed by atoms with Crippen LogP contribution in [0.4, 0.5) is 0 Å². The highest BCUT2D eigenvalue weighted by Crippen LogP contribution is 2.23. The molecule has 0 aromatic heterocycles. The number of ether oxygens (including phenoxy) is 3. The molecular formula is C15H22O8. The second-order valence-electron chi connectivity index (χ2n) is 4.68. The maximum absolute atomic E-state index is 9.74. The molecule has 0 spiro atoms. The number of para-hydroxylation sites is 1. The number of carbonyl (C=O) groups excluding carboxylic acids is 1. The van der Waals surface area contributed by atoms with Gasteiger partial charge in [-0.1, -0.05) is 18.2 Å². The van der Waals surface area contributed by atoms with E-state index in [9.17, 15) is 20.1 Å². The van der Waals surface area contributed by atoms with Gasteiger partial charge in [0.1, 0.15) is 30.2 Å². The first-order chi connectivity index (χ1) is 11.0. The summed E-state index contributed by atoms with van der Waals surface area (Å²) >= 11 is 0. The lowest BCUT2D eigenvalue weighted by atomic mass is 9.99. The van der Waals surface area contributed by atoms with Gasteiger partial charge < -0.3 is 34.6 Å². The molecule has 0 saturated carbocycles. The van der Waals surface area contributed by atoms with Crippen LogP contribution in [0.25, 0.3) is 0 Å². The number of aliphatic hydroxyl groups is 4. The molecule has 8 nitrogen and oxygen atoms in total. The topological polar surface area (TPSA) is 126 Å². The van der Waals surface area contributed by atoms with E-state index in [-0.39, 0.29) is 0 Å². The van der Waals surface area contributed by atoms with Gasteiger partial charge in [-0.2, -0.15) is 0 Å². The Bertz CT molecular complexity index is 438. The summed E-state index contributed by atoms with van der Waals surface area (Å²) in [5.74, 6) is 0.460. The van der Waals surface area contributed by atoms with Gasteiger partial charge in [0.05, 0.1) is 13.2 Å². The van der Waals surface area contributed by atoms with E-state index in [2.05, 4.69) is 4.74 Å². The molecule has 4 N–H and O–H groups in total. The summed E-state index contributed by atoms with van der Waals surface area (Å²) in [5, 5.41) is 37.9. The average Bonchev–Trinajstić information content (AvgIpc) is 2.57. The van der Waals surface area contributed by atoms with Crippen molar-refractivity contribution in [3.8, 4) is 5.75 Å². The second kappa shape index (κ2) is 10.1. The van der Waals surface area contributed by atoms with Crippen LogP contribution in [-0.2, 0) is 14.3 Å². The highest BCUT2D eigenvalue weighted by molar-refractivity contribution is 5.36. The Balaban J connectivity index is 0.000000463. The van der Waals surface area contributed by atoms with Crippen molar-refractivity contribution in [2.45, 2.75) is 37.6 Å². The standard InChI is InChI=1S/C12H16O6.C3H6O2/c13-6-8-9(14)10(15)11(16)12(18-8)17-7-4-2-1-3-5-7;1-2-5-3-4/h1-5,8-16H,6H2;3H,2H2,1H3. The summed E-state index contributed by atoms with van der Waals surface area (Å²) in [7, 11) is 0. The third-order valence-electron chi connectivity index (χ3n) is 3.08. The summed E-state index contributed by atoms with van der Waals surface area (Å²) in [6.07, 6.45) is -6.28. The number of hydrogen-bond donors (Lipinski definition) is 4. The van der Waals surface area contributed by atoms with Crippen LogP contribution in [0.3, 0.4) is 0 Å². The average molecular weight is 330 g/mol. The summed E-state index contributed by atoms with van der Waals surface area (Å²) in [6, 6.07) is 8.64. The zero-order chi connectivity index (χ0) is 17.2. The van der Waals surface area contributed by atoms with Crippen molar-refractivity contribution < 1.29 is 39.4 Å². The van der Waals surface area contributed by atoms with Crippen molar-refractivity contribution in [3.05, 3.63) is 30.3 Å². The smallest absolute Gasteiger partial charge is 0.293 e. The van der Waals surface area contributed by atoms with Gasteiger partial charge in [-0.05, 0) is 19.1 Å². The molecule has 1 aromatic rings. The molecule has 1 saturated heterocycles. The first-order valence-corrected chi connectivity index (χ1v) is 7.12. The molecule has 1 aliphatic rings. The maximum Gasteiger partial charge on any atom is 0.293 e. The fourth-order valence-corrected chi connectivity index (χ4v) is 1.87. The van der Waals surface area contributed by atoms with Crippen molar-refractivity contribution in [2.24, 2.45) is 0 Å². The lowest BCUT2D eigenvalue weighted by Crippen LogP contribution is -2.60. The van der Waals surface area contributed by atoms with Crippen molar-refractivity contribution in [2.75, 3.05) is 13.2 Å². The Morgan fingerprint density at radius 3 is 2.26 bits per heavy atom. The fraction of sp³-hybridized carbons (Fsp3) is 0.533. The van der Waals surface area contributed by atoms with E-state index >= 15 is 0 Å². The van der Waals surface area contributed by atoms with Crippen LogP contribution < -0.4 is 4.74 Å². The van der Waals surface area contributed by atoms with Crippen LogP contribution in [0.2, 0.25) is 0 Å². The lowest BCUT2D eigenvalue weighted by molar-refractivity contribution is -0.277. The third kappa shape index (κ3) is 5.77. The SMILES string of the molecule is CCOC=O.OCC1OC(Oc2ccccc2)C(O)C(O)C1O. The molecular weight excluding hydrogens is 308 g/mol. The minimum Gasteiger partial charge on any atom is -0.468 e. The highest BCUT2D eigenvalue weighted by Gasteiger charge is 2.44. The predicted octanol–water partition coefficient (Wildman–Crippen LogP) is -0.955. The first kappa shape index (κ1) is 19.3. The van der Waals surface area contributed by atoms with E-state index in [0.29, 0.717) is 18.8 Å². The van der Waals surface area contributed by atoms with Crippen LogP contribution in [0.5, 0.6) is 5.75 Å². The lowest BCUT2D eigenvalue weighted by Gasteiger charge is -2.39. The van der Waals surface area contributed by atoms with Crippen molar-refractivity contribution >= 4 is 6.47 Å². The molecule has 0 aliphatic carbocycles. The molecule has 8 heteroatoms. The van der Waals surface area contributed by atoms with E-state index in [0.717, 1.165) is 0 Å². The van der Waals surface area contributed by atoms with Gasteiger partial charge in [0.2, 0.25) is 6.29 Å². The minimum absolute atomic E-state index is 0.431. The van der Waals surface area contributed by atoms with Crippen molar-refractivity contribution in [1.82, 2.24) is 0 Å². The quantitative estimate of drug-likeness (QED) is 0.509. The molecule has 5 atom stereocenters. The summed E-state index contributed by atoms with van der Waals surface area (Å²) < 4.78 is 14.7. The van der Waals surface area contributed by atoms with Gasteiger partial charge in [-0.25, -0.2) is 0 Å². The predicted molar refractivity (Wildman–Crippen MR) is 78.5 cm³/mol. The Morgan fingerprint density at radius 2 is 1.78 bits per heavy atom. The molecule has 5 unspecified atom stereocenters. The molecule has 0 amide bonds. The van der Waals surface area contributed by atoms with Crippen LogP contribution in [0.15, 0.2) is 30.3 Å². The van der Waals surface area contributed by atoms with Crippen LogP contribution in [0, 0.1) is 0 Å². The van der Waals surface area contributed by atoms with Gasteiger partial charge in [-0.3, -0.25) is 4.79 Å². The Kier molecular flexibility index (Phi) is 8.52. The van der Waals surface area contributed by atoms with E-state index in [1.807, 2.05) is 0 Å². The molecule has 130 valence electrons. The molecule has 1 heterocycles. The number of carbonyl (C=O) groups is 1. The van der Waals surface area contributed by atoms with Gasteiger partial charge in [0.15, 0.2) is 0 Å². The highest BCUT2D eigenvalue weighted by atomic mass is 16.7. The van der Waals surface area contributed by atoms with Gasteiger partial charge in [0, 0.05) is 0 Å². The van der Waals surface area contributed by atoms with Gasteiger partial charge in [0.25, 0.3) is 6.47 Å². The summed E-state index contributed by atoms with van der Waals surface area (Å²) in [5.41, 5.74) is 0. The van der Waals surface area contributed by atoms with E-state index < -0.39 is 37.3 Å². The fourth-order valence-electron chi connectivity index (χ4n) is 1.87. The maximum atomic E-state index is 9.74. The zero-order valence-electron chi connectivity index (χ0n) is 12.7. The van der Waals surface area contributed by atoms with Gasteiger partial charge in [-0.15, -0.1) is 0 Å². The molecule has 1 aliphatic heterocycles. The third-order valence-corrected chi connectivity index (χ3v) is 3.08. The largest absolute Gasteiger partial charge is 0.468 e. The van der Waals surface area contributed by atoms with Crippen molar-refractivity contribution in [3.63, 3.8) is 0 Å². The van der Waals surface area contributed by atoms with Crippen LogP contribution in [-0.4, -0.2) is 70.8 Å². The molecule has 1 aromatic carbocycles. The summed E-state index contributed by atoms with van der Waals surface area (Å²) in [6.45, 7) is 2.19. The molecule has 0 bridgehead atoms. The summed E-state index contributed by atoms with van der Waals surface area (Å²) in [4.78, 5) is 9.18. The van der Waals surface area contributed by atoms with Crippen molar-refractivity contribution in [1.29, 1.82) is 0 Å².